The molecule has 2 N–H and O–H groups in total. The highest BCUT2D eigenvalue weighted by Gasteiger charge is 2.48. The average Bonchev–Trinajstić information content (AvgIpc) is 3.01. The van der Waals surface area contributed by atoms with Gasteiger partial charge >= 0.3 is 5.97 Å². The number of aliphatic carboxylic acids is 1. The van der Waals surface area contributed by atoms with Crippen molar-refractivity contribution in [2.45, 2.75) is 13.3 Å². The number of rotatable bonds is 3. The minimum absolute atomic E-state index is 0.273. The largest absolute Gasteiger partial charge is 0.481 e. The predicted octanol–water partition coefficient (Wildman–Crippen LogP) is 1.70. The van der Waals surface area contributed by atoms with E-state index in [4.69, 9.17) is 16.7 Å². The number of carboxylic acids is 1. The molecule has 90 valence electrons. The van der Waals surface area contributed by atoms with Crippen molar-refractivity contribution in [2.24, 2.45) is 11.8 Å². The summed E-state index contributed by atoms with van der Waals surface area (Å²) in [5, 5.41) is 11.7. The maximum Gasteiger partial charge on any atom is 0.307 e. The number of carboxylic acid groups (broad SMARTS) is 1. The number of hydrogen-bond acceptors (Lipinski definition) is 3. The average molecular weight is 255 g/mol. The van der Waals surface area contributed by atoms with Crippen LogP contribution in [-0.4, -0.2) is 22.0 Å². The molecule has 1 aliphatic rings. The molecule has 0 bridgehead atoms. The lowest BCUT2D eigenvalue weighted by atomic mass is 10.2. The fraction of sp³-hybridized carbons (Fsp3) is 0.364. The van der Waals surface area contributed by atoms with Crippen LogP contribution < -0.4 is 5.32 Å². The molecule has 0 radical (unpaired) electrons. The summed E-state index contributed by atoms with van der Waals surface area (Å²) in [5.41, 5.74) is 1.17. The zero-order chi connectivity index (χ0) is 12.6. The quantitative estimate of drug-likeness (QED) is 0.805. The first-order valence-electron chi connectivity index (χ1n) is 5.16. The van der Waals surface area contributed by atoms with Crippen LogP contribution in [0.15, 0.2) is 12.1 Å². The second-order valence-corrected chi connectivity index (χ2v) is 4.43. The van der Waals surface area contributed by atoms with Crippen LogP contribution in [0.25, 0.3) is 0 Å². The number of carbonyl (C=O) groups is 2. The van der Waals surface area contributed by atoms with E-state index < -0.39 is 17.8 Å². The monoisotopic (exact) mass is 254 g/mol. The Morgan fingerprint density at radius 1 is 1.47 bits per heavy atom. The molecular formula is C11H11ClN2O3. The summed E-state index contributed by atoms with van der Waals surface area (Å²) < 4.78 is 0. The number of aromatic nitrogens is 1. The molecule has 1 aliphatic carbocycles. The van der Waals surface area contributed by atoms with Crippen LogP contribution in [0.1, 0.15) is 12.1 Å². The summed E-state index contributed by atoms with van der Waals surface area (Å²) in [6, 6.07) is 3.23. The number of anilines is 1. The van der Waals surface area contributed by atoms with Gasteiger partial charge in [0.15, 0.2) is 0 Å². The highest BCUT2D eigenvalue weighted by atomic mass is 35.5. The molecule has 1 saturated carbocycles. The maximum atomic E-state index is 11.7. The van der Waals surface area contributed by atoms with Crippen molar-refractivity contribution >= 4 is 29.2 Å². The van der Waals surface area contributed by atoms with E-state index in [0.717, 1.165) is 0 Å². The predicted molar refractivity (Wildman–Crippen MR) is 61.8 cm³/mol. The summed E-state index contributed by atoms with van der Waals surface area (Å²) in [6.45, 7) is 1.73. The van der Waals surface area contributed by atoms with E-state index in [1.165, 1.54) is 0 Å². The third-order valence-corrected chi connectivity index (χ3v) is 2.96. The van der Waals surface area contributed by atoms with E-state index in [9.17, 15) is 9.59 Å². The van der Waals surface area contributed by atoms with Gasteiger partial charge < -0.3 is 10.4 Å². The molecule has 0 spiro atoms. The van der Waals surface area contributed by atoms with Crippen LogP contribution in [0.3, 0.4) is 0 Å². The Labute approximate surface area is 103 Å². The first kappa shape index (κ1) is 11.9. The third kappa shape index (κ3) is 2.55. The van der Waals surface area contributed by atoms with E-state index in [0.29, 0.717) is 23.0 Å². The molecule has 1 amide bonds. The number of halogens is 1. The summed E-state index contributed by atoms with van der Waals surface area (Å²) >= 11 is 5.69. The Morgan fingerprint density at radius 2 is 2.18 bits per heavy atom. The van der Waals surface area contributed by atoms with Gasteiger partial charge in [0.05, 0.1) is 23.2 Å². The molecule has 17 heavy (non-hydrogen) atoms. The highest BCUT2D eigenvalue weighted by Crippen LogP contribution is 2.39. The van der Waals surface area contributed by atoms with Gasteiger partial charge in [-0.2, -0.15) is 0 Å². The maximum absolute atomic E-state index is 11.7. The molecule has 1 aromatic heterocycles. The van der Waals surface area contributed by atoms with E-state index in [1.54, 1.807) is 19.1 Å². The van der Waals surface area contributed by atoms with Gasteiger partial charge in [0.2, 0.25) is 5.91 Å². The Balaban J connectivity index is 2.02. The molecule has 6 heteroatoms. The van der Waals surface area contributed by atoms with Gasteiger partial charge in [-0.3, -0.25) is 9.59 Å². The van der Waals surface area contributed by atoms with Crippen molar-refractivity contribution in [2.75, 3.05) is 5.32 Å². The normalized spacial score (nSPS) is 22.0. The molecule has 0 aromatic carbocycles. The van der Waals surface area contributed by atoms with Gasteiger partial charge in [-0.25, -0.2) is 4.98 Å². The van der Waals surface area contributed by atoms with Gasteiger partial charge in [0.1, 0.15) is 5.15 Å². The first-order valence-corrected chi connectivity index (χ1v) is 5.53. The Kier molecular flexibility index (Phi) is 3.02. The highest BCUT2D eigenvalue weighted by molar-refractivity contribution is 6.29. The second kappa shape index (κ2) is 4.33. The molecule has 0 saturated heterocycles. The van der Waals surface area contributed by atoms with Crippen LogP contribution in [0.4, 0.5) is 5.69 Å². The van der Waals surface area contributed by atoms with E-state index in [2.05, 4.69) is 10.3 Å². The number of amides is 1. The first-order chi connectivity index (χ1) is 7.99. The van der Waals surface area contributed by atoms with Crippen molar-refractivity contribution in [3.05, 3.63) is 23.0 Å². The van der Waals surface area contributed by atoms with Gasteiger partial charge in [0.25, 0.3) is 0 Å². The molecule has 2 atom stereocenters. The van der Waals surface area contributed by atoms with Crippen LogP contribution in [0.5, 0.6) is 0 Å². The Hall–Kier alpha value is -1.62. The zero-order valence-electron chi connectivity index (χ0n) is 9.11. The summed E-state index contributed by atoms with van der Waals surface area (Å²) in [5.74, 6) is -2.17. The minimum atomic E-state index is -0.920. The number of pyridine rings is 1. The number of nitrogens with zero attached hydrogens (tertiary/aromatic N) is 1. The number of nitrogens with one attached hydrogen (secondary N) is 1. The van der Waals surface area contributed by atoms with Crippen molar-refractivity contribution in [3.63, 3.8) is 0 Å². The van der Waals surface area contributed by atoms with Crippen LogP contribution in [-0.2, 0) is 9.59 Å². The van der Waals surface area contributed by atoms with Crippen LogP contribution in [0.2, 0.25) is 5.15 Å². The molecule has 1 heterocycles. The van der Waals surface area contributed by atoms with Crippen LogP contribution in [0, 0.1) is 18.8 Å². The van der Waals surface area contributed by atoms with Crippen LogP contribution >= 0.6 is 11.6 Å². The fourth-order valence-corrected chi connectivity index (χ4v) is 1.84. The van der Waals surface area contributed by atoms with Gasteiger partial charge in [-0.1, -0.05) is 11.6 Å². The molecular weight excluding hydrogens is 244 g/mol. The molecule has 2 rings (SSSR count). The van der Waals surface area contributed by atoms with E-state index in [1.807, 2.05) is 0 Å². The van der Waals surface area contributed by atoms with Gasteiger partial charge in [-0.05, 0) is 25.5 Å². The Morgan fingerprint density at radius 3 is 2.71 bits per heavy atom. The second-order valence-electron chi connectivity index (χ2n) is 4.04. The molecule has 1 fully saturated rings. The van der Waals surface area contributed by atoms with E-state index in [-0.39, 0.29) is 5.91 Å². The lowest BCUT2D eigenvalue weighted by Gasteiger charge is -2.07. The van der Waals surface area contributed by atoms with Crippen molar-refractivity contribution < 1.29 is 14.7 Å². The summed E-state index contributed by atoms with van der Waals surface area (Å²) in [7, 11) is 0. The molecule has 0 aliphatic heterocycles. The smallest absolute Gasteiger partial charge is 0.307 e. The SMILES string of the molecule is Cc1nc(Cl)ccc1NC(=O)C1CC1C(=O)O. The van der Waals surface area contributed by atoms with Crippen molar-refractivity contribution in [3.8, 4) is 0 Å². The minimum Gasteiger partial charge on any atom is -0.481 e. The van der Waals surface area contributed by atoms with Crippen molar-refractivity contribution in [1.82, 2.24) is 4.98 Å². The summed E-state index contributed by atoms with van der Waals surface area (Å²) in [4.78, 5) is 26.3. The number of hydrogen-bond donors (Lipinski definition) is 2. The number of carbonyl (C=O) groups excluding carboxylic acids is 1. The lowest BCUT2D eigenvalue weighted by molar-refractivity contribution is -0.139. The zero-order valence-corrected chi connectivity index (χ0v) is 9.86. The topological polar surface area (TPSA) is 79.3 Å². The van der Waals surface area contributed by atoms with E-state index >= 15 is 0 Å². The van der Waals surface area contributed by atoms with Gasteiger partial charge in [0, 0.05) is 0 Å². The molecule has 5 nitrogen and oxygen atoms in total. The lowest BCUT2D eigenvalue weighted by Crippen LogP contribution is -2.17. The third-order valence-electron chi connectivity index (χ3n) is 2.75. The summed E-state index contributed by atoms with van der Waals surface area (Å²) in [6.07, 6.45) is 0.404. The Bertz CT molecular complexity index is 490. The standard InChI is InChI=1S/C11H11ClN2O3/c1-5-8(2-3-9(12)13-5)14-10(15)6-4-7(6)11(16)17/h2-3,6-7H,4H2,1H3,(H,14,15)(H,16,17). The molecule has 2 unspecified atom stereocenters. The van der Waals surface area contributed by atoms with Crippen molar-refractivity contribution in [1.29, 1.82) is 0 Å². The number of aryl methyl sites for hydroxylation is 1. The van der Waals surface area contributed by atoms with Gasteiger partial charge in [-0.15, -0.1) is 0 Å². The molecule has 1 aromatic rings. The fourth-order valence-electron chi connectivity index (χ4n) is 1.65.